The molecule has 0 aliphatic carbocycles. The molecule has 5 rings (SSSR count). The quantitative estimate of drug-likeness (QED) is 0.459. The van der Waals surface area contributed by atoms with Gasteiger partial charge in [-0.3, -0.25) is 4.98 Å². The van der Waals surface area contributed by atoms with Gasteiger partial charge in [0.25, 0.3) is 0 Å². The Morgan fingerprint density at radius 2 is 1.35 bits per heavy atom. The van der Waals surface area contributed by atoms with Gasteiger partial charge < -0.3 is 9.67 Å². The molecule has 2 aromatic heterocycles. The highest BCUT2D eigenvalue weighted by Gasteiger charge is 2.13. The first-order valence-electron chi connectivity index (χ1n) is 8.56. The van der Waals surface area contributed by atoms with E-state index in [1.54, 1.807) is 12.3 Å². The summed E-state index contributed by atoms with van der Waals surface area (Å²) < 4.78 is 2.23. The van der Waals surface area contributed by atoms with Gasteiger partial charge in [-0.25, -0.2) is 0 Å². The lowest BCUT2D eigenvalue weighted by molar-refractivity contribution is 0.477. The van der Waals surface area contributed by atoms with Crippen molar-refractivity contribution in [2.45, 2.75) is 0 Å². The number of rotatable bonds is 2. The summed E-state index contributed by atoms with van der Waals surface area (Å²) in [5.41, 5.74) is 4.77. The molecule has 0 saturated heterocycles. The number of nitrogens with zero attached hydrogens (tertiary/aromatic N) is 2. The third-order valence-corrected chi connectivity index (χ3v) is 4.76. The lowest BCUT2D eigenvalue weighted by Crippen LogP contribution is -1.95. The summed E-state index contributed by atoms with van der Waals surface area (Å²) in [4.78, 5) is 4.39. The monoisotopic (exact) mass is 336 g/mol. The van der Waals surface area contributed by atoms with E-state index >= 15 is 0 Å². The zero-order valence-corrected chi connectivity index (χ0v) is 14.0. The number of para-hydroxylation sites is 2. The molecule has 3 nitrogen and oxygen atoms in total. The second-order valence-electron chi connectivity index (χ2n) is 6.29. The number of aromatic nitrogens is 2. The van der Waals surface area contributed by atoms with Crippen molar-refractivity contribution in [3.63, 3.8) is 0 Å². The molecule has 26 heavy (non-hydrogen) atoms. The van der Waals surface area contributed by atoms with Crippen molar-refractivity contribution >= 4 is 21.8 Å². The number of aromatic hydroxyl groups is 1. The zero-order chi connectivity index (χ0) is 17.5. The van der Waals surface area contributed by atoms with E-state index in [1.165, 1.54) is 10.8 Å². The predicted molar refractivity (Wildman–Crippen MR) is 106 cm³/mol. The smallest absolute Gasteiger partial charge is 0.125 e. The Labute approximate surface area is 150 Å². The second kappa shape index (κ2) is 5.74. The van der Waals surface area contributed by atoms with Crippen LogP contribution in [0.1, 0.15) is 0 Å². The van der Waals surface area contributed by atoms with Gasteiger partial charge in [0, 0.05) is 28.2 Å². The standard InChI is InChI=1S/C23H16N2O/c26-23-13-12-16(15-19(23)20-9-5-6-14-24-20)25-21-10-3-1-7-17(21)18-8-2-4-11-22(18)25/h1-15,26H. The molecule has 0 amide bonds. The maximum Gasteiger partial charge on any atom is 0.125 e. The number of fused-ring (bicyclic) bond motifs is 3. The average molecular weight is 336 g/mol. The minimum absolute atomic E-state index is 0.230. The molecule has 3 aromatic carbocycles. The molecule has 124 valence electrons. The molecule has 3 heteroatoms. The van der Waals surface area contributed by atoms with Gasteiger partial charge in [0.15, 0.2) is 0 Å². The molecule has 0 unspecified atom stereocenters. The third kappa shape index (κ3) is 2.18. The average Bonchev–Trinajstić information content (AvgIpc) is 3.04. The van der Waals surface area contributed by atoms with Crippen LogP contribution < -0.4 is 0 Å². The summed E-state index contributed by atoms with van der Waals surface area (Å²) in [6.45, 7) is 0. The normalized spacial score (nSPS) is 11.2. The van der Waals surface area contributed by atoms with Crippen LogP contribution in [0, 0.1) is 0 Å². The molecule has 0 atom stereocenters. The highest BCUT2D eigenvalue weighted by molar-refractivity contribution is 6.09. The van der Waals surface area contributed by atoms with E-state index in [9.17, 15) is 5.11 Å². The number of benzene rings is 3. The van der Waals surface area contributed by atoms with Crippen LogP contribution in [0.5, 0.6) is 5.75 Å². The maximum absolute atomic E-state index is 10.4. The second-order valence-corrected chi connectivity index (χ2v) is 6.29. The van der Waals surface area contributed by atoms with Crippen LogP contribution in [0.2, 0.25) is 0 Å². The summed E-state index contributed by atoms with van der Waals surface area (Å²) in [6.07, 6.45) is 1.74. The fourth-order valence-corrected chi connectivity index (χ4v) is 3.59. The van der Waals surface area contributed by atoms with Gasteiger partial charge in [0.2, 0.25) is 0 Å². The van der Waals surface area contributed by atoms with Crippen LogP contribution in [0.25, 0.3) is 38.8 Å². The van der Waals surface area contributed by atoms with Gasteiger partial charge in [0.05, 0.1) is 16.7 Å². The summed E-state index contributed by atoms with van der Waals surface area (Å²) in [5, 5.41) is 12.8. The zero-order valence-electron chi connectivity index (χ0n) is 14.0. The van der Waals surface area contributed by atoms with Crippen molar-refractivity contribution in [3.8, 4) is 22.7 Å². The largest absolute Gasteiger partial charge is 0.507 e. The molecule has 5 aromatic rings. The van der Waals surface area contributed by atoms with Gasteiger partial charge >= 0.3 is 0 Å². The van der Waals surface area contributed by atoms with Crippen molar-refractivity contribution in [2.75, 3.05) is 0 Å². The lowest BCUT2D eigenvalue weighted by Gasteiger charge is -2.11. The minimum Gasteiger partial charge on any atom is -0.507 e. The highest BCUT2D eigenvalue weighted by Crippen LogP contribution is 2.35. The molecule has 2 heterocycles. The third-order valence-electron chi connectivity index (χ3n) is 4.76. The Morgan fingerprint density at radius 1 is 0.692 bits per heavy atom. The highest BCUT2D eigenvalue weighted by atomic mass is 16.3. The minimum atomic E-state index is 0.230. The van der Waals surface area contributed by atoms with Crippen LogP contribution in [0.4, 0.5) is 0 Å². The van der Waals surface area contributed by atoms with Crippen molar-refractivity contribution in [1.82, 2.24) is 9.55 Å². The number of phenolic OH excluding ortho intramolecular Hbond substituents is 1. The van der Waals surface area contributed by atoms with E-state index in [0.717, 1.165) is 28.0 Å². The summed E-state index contributed by atoms with van der Waals surface area (Å²) >= 11 is 0. The van der Waals surface area contributed by atoms with Crippen LogP contribution in [0.15, 0.2) is 91.1 Å². The molecule has 0 fully saturated rings. The number of hydrogen-bond donors (Lipinski definition) is 1. The molecule has 0 saturated carbocycles. The van der Waals surface area contributed by atoms with Gasteiger partial charge in [-0.05, 0) is 42.5 Å². The topological polar surface area (TPSA) is 38.0 Å². The first kappa shape index (κ1) is 14.7. The fraction of sp³-hybridized carbons (Fsp3) is 0. The molecule has 0 aliphatic rings. The molecule has 0 spiro atoms. The summed E-state index contributed by atoms with van der Waals surface area (Å²) in [7, 11) is 0. The van der Waals surface area contributed by atoms with E-state index in [4.69, 9.17) is 0 Å². The first-order chi connectivity index (χ1) is 12.8. The van der Waals surface area contributed by atoms with E-state index in [2.05, 4.69) is 58.1 Å². The summed E-state index contributed by atoms with van der Waals surface area (Å²) in [5.74, 6) is 0.230. The van der Waals surface area contributed by atoms with Gasteiger partial charge in [-0.1, -0.05) is 42.5 Å². The molecular formula is C23H16N2O. The van der Waals surface area contributed by atoms with Gasteiger partial charge in [0.1, 0.15) is 5.75 Å². The number of hydrogen-bond acceptors (Lipinski definition) is 2. The fourth-order valence-electron chi connectivity index (χ4n) is 3.59. The molecule has 0 bridgehead atoms. The Bertz CT molecular complexity index is 1190. The molecule has 1 N–H and O–H groups in total. The van der Waals surface area contributed by atoms with Crippen LogP contribution >= 0.6 is 0 Å². The first-order valence-corrected chi connectivity index (χ1v) is 8.56. The molecular weight excluding hydrogens is 320 g/mol. The Morgan fingerprint density at radius 3 is 2.00 bits per heavy atom. The Balaban J connectivity index is 1.84. The number of pyridine rings is 1. The SMILES string of the molecule is Oc1ccc(-n2c3ccccc3c3ccccc32)cc1-c1ccccn1. The Kier molecular flexibility index (Phi) is 3.25. The van der Waals surface area contributed by atoms with E-state index in [0.29, 0.717) is 0 Å². The van der Waals surface area contributed by atoms with Crippen LogP contribution in [-0.4, -0.2) is 14.7 Å². The van der Waals surface area contributed by atoms with Gasteiger partial charge in [-0.15, -0.1) is 0 Å². The van der Waals surface area contributed by atoms with E-state index < -0.39 is 0 Å². The molecule has 0 aliphatic heterocycles. The van der Waals surface area contributed by atoms with Crippen molar-refractivity contribution < 1.29 is 5.11 Å². The maximum atomic E-state index is 10.4. The Hall–Kier alpha value is -3.59. The van der Waals surface area contributed by atoms with Crippen molar-refractivity contribution in [3.05, 3.63) is 91.1 Å². The lowest BCUT2D eigenvalue weighted by atomic mass is 10.1. The van der Waals surface area contributed by atoms with E-state index in [1.807, 2.05) is 30.3 Å². The molecule has 0 radical (unpaired) electrons. The van der Waals surface area contributed by atoms with Crippen molar-refractivity contribution in [1.29, 1.82) is 0 Å². The van der Waals surface area contributed by atoms with Gasteiger partial charge in [-0.2, -0.15) is 0 Å². The number of phenols is 1. The predicted octanol–water partition coefficient (Wildman–Crippen LogP) is 5.55. The summed E-state index contributed by atoms with van der Waals surface area (Å²) in [6, 6.07) is 28.2. The van der Waals surface area contributed by atoms with Crippen LogP contribution in [0.3, 0.4) is 0 Å². The van der Waals surface area contributed by atoms with E-state index in [-0.39, 0.29) is 5.75 Å². The van der Waals surface area contributed by atoms with Crippen LogP contribution in [-0.2, 0) is 0 Å². The van der Waals surface area contributed by atoms with Crippen molar-refractivity contribution in [2.24, 2.45) is 0 Å².